The fourth-order valence-corrected chi connectivity index (χ4v) is 3.30. The number of ether oxygens (including phenoxy) is 1. The molecule has 2 amide bonds. The van der Waals surface area contributed by atoms with Crippen LogP contribution in [-0.2, 0) is 20.7 Å². The van der Waals surface area contributed by atoms with Crippen LogP contribution in [0.1, 0.15) is 12.6 Å². The third-order valence-corrected chi connectivity index (χ3v) is 4.51. The lowest BCUT2D eigenvalue weighted by molar-refractivity contribution is -0.116. The molecular formula is C17H20N4O3S. The predicted octanol–water partition coefficient (Wildman–Crippen LogP) is 2.12. The lowest BCUT2D eigenvalue weighted by atomic mass is 10.2. The van der Waals surface area contributed by atoms with Gasteiger partial charge >= 0.3 is 0 Å². The maximum absolute atomic E-state index is 12.1. The summed E-state index contributed by atoms with van der Waals surface area (Å²) in [6.07, 6.45) is 0.168. The Bertz CT molecular complexity index is 739. The fourth-order valence-electron chi connectivity index (χ4n) is 2.54. The molecule has 1 aromatic heterocycles. The molecule has 0 atom stereocenters. The van der Waals surface area contributed by atoms with E-state index in [2.05, 4.69) is 20.5 Å². The van der Waals surface area contributed by atoms with Gasteiger partial charge in [-0.3, -0.25) is 9.59 Å². The molecule has 0 aliphatic carbocycles. The molecule has 132 valence electrons. The third kappa shape index (κ3) is 5.01. The fraction of sp³-hybridized carbons (Fsp3) is 0.353. The Kier molecular flexibility index (Phi) is 5.62. The van der Waals surface area contributed by atoms with E-state index in [4.69, 9.17) is 4.74 Å². The summed E-state index contributed by atoms with van der Waals surface area (Å²) in [5.74, 6) is -0.315. The molecule has 2 N–H and O–H groups in total. The third-order valence-electron chi connectivity index (χ3n) is 3.70. The van der Waals surface area contributed by atoms with Gasteiger partial charge in [0.2, 0.25) is 11.8 Å². The Morgan fingerprint density at radius 1 is 1.20 bits per heavy atom. The summed E-state index contributed by atoms with van der Waals surface area (Å²) < 4.78 is 5.35. The highest BCUT2D eigenvalue weighted by Gasteiger charge is 2.12. The maximum atomic E-state index is 12.1. The van der Waals surface area contributed by atoms with Crippen LogP contribution < -0.4 is 15.5 Å². The number of morpholine rings is 1. The SMILES string of the molecule is CC(=O)Nc1nc(CC(=O)Nc2ccc(N3CCOCC3)cc2)cs1. The molecule has 1 fully saturated rings. The second-order valence-electron chi connectivity index (χ2n) is 5.70. The Hall–Kier alpha value is -2.45. The van der Waals surface area contributed by atoms with Crippen molar-refractivity contribution in [2.24, 2.45) is 0 Å². The van der Waals surface area contributed by atoms with Gasteiger partial charge in [0, 0.05) is 36.8 Å². The first-order valence-corrected chi connectivity index (χ1v) is 8.93. The van der Waals surface area contributed by atoms with Crippen LogP contribution in [0.25, 0.3) is 0 Å². The average Bonchev–Trinajstić information content (AvgIpc) is 3.02. The van der Waals surface area contributed by atoms with Crippen LogP contribution in [0.2, 0.25) is 0 Å². The number of anilines is 3. The van der Waals surface area contributed by atoms with Crippen LogP contribution in [-0.4, -0.2) is 43.1 Å². The van der Waals surface area contributed by atoms with Gasteiger partial charge in [0.15, 0.2) is 5.13 Å². The maximum Gasteiger partial charge on any atom is 0.230 e. The topological polar surface area (TPSA) is 83.6 Å². The van der Waals surface area contributed by atoms with Gasteiger partial charge in [-0.05, 0) is 24.3 Å². The molecule has 25 heavy (non-hydrogen) atoms. The molecule has 0 radical (unpaired) electrons. The van der Waals surface area contributed by atoms with E-state index in [-0.39, 0.29) is 18.2 Å². The highest BCUT2D eigenvalue weighted by Crippen LogP contribution is 2.20. The number of aromatic nitrogens is 1. The second kappa shape index (κ2) is 8.09. The van der Waals surface area contributed by atoms with Crippen molar-refractivity contribution >= 4 is 39.7 Å². The number of hydrogen-bond donors (Lipinski definition) is 2. The first kappa shape index (κ1) is 17.4. The van der Waals surface area contributed by atoms with Crippen LogP contribution >= 0.6 is 11.3 Å². The number of rotatable bonds is 5. The molecule has 1 aromatic carbocycles. The predicted molar refractivity (Wildman–Crippen MR) is 98.2 cm³/mol. The zero-order chi connectivity index (χ0) is 17.6. The lowest BCUT2D eigenvalue weighted by Crippen LogP contribution is -2.36. The Labute approximate surface area is 150 Å². The highest BCUT2D eigenvalue weighted by molar-refractivity contribution is 7.13. The van der Waals surface area contributed by atoms with E-state index in [9.17, 15) is 9.59 Å². The first-order valence-electron chi connectivity index (χ1n) is 8.05. The lowest BCUT2D eigenvalue weighted by Gasteiger charge is -2.28. The van der Waals surface area contributed by atoms with Crippen molar-refractivity contribution in [2.45, 2.75) is 13.3 Å². The van der Waals surface area contributed by atoms with E-state index in [1.807, 2.05) is 24.3 Å². The van der Waals surface area contributed by atoms with Gasteiger partial charge < -0.3 is 20.3 Å². The van der Waals surface area contributed by atoms with Gasteiger partial charge in [-0.15, -0.1) is 11.3 Å². The van der Waals surface area contributed by atoms with Gasteiger partial charge in [-0.25, -0.2) is 4.98 Å². The van der Waals surface area contributed by atoms with Gasteiger partial charge in [0.05, 0.1) is 25.3 Å². The number of carbonyl (C=O) groups excluding carboxylic acids is 2. The summed E-state index contributed by atoms with van der Waals surface area (Å²) in [4.78, 5) is 29.6. The summed E-state index contributed by atoms with van der Waals surface area (Å²) in [6, 6.07) is 7.79. The minimum Gasteiger partial charge on any atom is -0.378 e. The van der Waals surface area contributed by atoms with E-state index in [0.717, 1.165) is 37.7 Å². The summed E-state index contributed by atoms with van der Waals surface area (Å²) in [5.41, 5.74) is 2.51. The van der Waals surface area contributed by atoms with E-state index >= 15 is 0 Å². The molecule has 2 heterocycles. The summed E-state index contributed by atoms with van der Waals surface area (Å²) in [6.45, 7) is 4.67. The van der Waals surface area contributed by atoms with Gasteiger partial charge in [-0.2, -0.15) is 0 Å². The van der Waals surface area contributed by atoms with Crippen LogP contribution in [0.15, 0.2) is 29.6 Å². The minimum atomic E-state index is -0.175. The van der Waals surface area contributed by atoms with Crippen molar-refractivity contribution in [3.63, 3.8) is 0 Å². The molecule has 1 saturated heterocycles. The van der Waals surface area contributed by atoms with Crippen molar-refractivity contribution in [1.82, 2.24) is 4.98 Å². The van der Waals surface area contributed by atoms with E-state index < -0.39 is 0 Å². The number of hydrogen-bond acceptors (Lipinski definition) is 6. The molecule has 0 unspecified atom stereocenters. The summed E-state index contributed by atoms with van der Waals surface area (Å²) in [7, 11) is 0. The van der Waals surface area contributed by atoms with Crippen molar-refractivity contribution < 1.29 is 14.3 Å². The molecular weight excluding hydrogens is 340 g/mol. The number of nitrogens with one attached hydrogen (secondary N) is 2. The van der Waals surface area contributed by atoms with Crippen molar-refractivity contribution in [2.75, 3.05) is 41.8 Å². The largest absolute Gasteiger partial charge is 0.378 e. The van der Waals surface area contributed by atoms with Crippen molar-refractivity contribution in [1.29, 1.82) is 0 Å². The molecule has 0 spiro atoms. The van der Waals surface area contributed by atoms with Gasteiger partial charge in [0.1, 0.15) is 0 Å². The standard InChI is InChI=1S/C17H20N4O3S/c1-12(22)18-17-20-14(11-25-17)10-16(23)19-13-2-4-15(5-3-13)21-6-8-24-9-7-21/h2-5,11H,6-10H2,1H3,(H,19,23)(H,18,20,22). The number of nitrogens with zero attached hydrogens (tertiary/aromatic N) is 2. The molecule has 1 aliphatic rings. The molecule has 7 nitrogen and oxygen atoms in total. The summed E-state index contributed by atoms with van der Waals surface area (Å²) >= 11 is 1.31. The van der Waals surface area contributed by atoms with Crippen LogP contribution in [0.5, 0.6) is 0 Å². The number of amides is 2. The minimum absolute atomic E-state index is 0.140. The number of thiazole rings is 1. The Morgan fingerprint density at radius 2 is 1.92 bits per heavy atom. The molecule has 0 bridgehead atoms. The van der Waals surface area contributed by atoms with E-state index in [1.165, 1.54) is 18.3 Å². The normalized spacial score (nSPS) is 14.2. The van der Waals surface area contributed by atoms with Crippen molar-refractivity contribution in [3.05, 3.63) is 35.3 Å². The van der Waals surface area contributed by atoms with Gasteiger partial charge in [-0.1, -0.05) is 0 Å². The van der Waals surface area contributed by atoms with Crippen LogP contribution in [0, 0.1) is 0 Å². The number of benzene rings is 1. The van der Waals surface area contributed by atoms with Gasteiger partial charge in [0.25, 0.3) is 0 Å². The molecule has 3 rings (SSSR count). The Morgan fingerprint density at radius 3 is 2.60 bits per heavy atom. The van der Waals surface area contributed by atoms with E-state index in [0.29, 0.717) is 10.8 Å². The smallest absolute Gasteiger partial charge is 0.230 e. The van der Waals surface area contributed by atoms with Crippen molar-refractivity contribution in [3.8, 4) is 0 Å². The van der Waals surface area contributed by atoms with E-state index in [1.54, 1.807) is 5.38 Å². The Balaban J connectivity index is 1.53. The highest BCUT2D eigenvalue weighted by atomic mass is 32.1. The zero-order valence-electron chi connectivity index (χ0n) is 13.9. The molecule has 1 aliphatic heterocycles. The van der Waals surface area contributed by atoms with Crippen LogP contribution in [0.4, 0.5) is 16.5 Å². The molecule has 2 aromatic rings. The summed E-state index contributed by atoms with van der Waals surface area (Å²) in [5, 5.41) is 7.75. The second-order valence-corrected chi connectivity index (χ2v) is 6.55. The quantitative estimate of drug-likeness (QED) is 0.853. The first-order chi connectivity index (χ1) is 12.1. The average molecular weight is 360 g/mol. The molecule has 8 heteroatoms. The zero-order valence-corrected chi connectivity index (χ0v) is 14.8. The molecule has 0 saturated carbocycles. The monoisotopic (exact) mass is 360 g/mol. The van der Waals surface area contributed by atoms with Crippen LogP contribution in [0.3, 0.4) is 0 Å². The number of carbonyl (C=O) groups is 2.